The van der Waals surface area contributed by atoms with Gasteiger partial charge in [0.05, 0.1) is 0 Å². The fourth-order valence-corrected chi connectivity index (χ4v) is 0.643. The summed E-state index contributed by atoms with van der Waals surface area (Å²) >= 11 is 0. The number of hydrogen-bond acceptors (Lipinski definition) is 4. The van der Waals surface area contributed by atoms with E-state index in [2.05, 4.69) is 12.6 Å². The molecule has 0 aromatic carbocycles. The van der Waals surface area contributed by atoms with Crippen LogP contribution in [0.15, 0.2) is 5.16 Å². The number of carbonyl (C=O) groups is 1. The van der Waals surface area contributed by atoms with E-state index < -0.39 is 0 Å². The third kappa shape index (κ3) is 2.58. The monoisotopic (exact) mass is 169 g/mol. The second-order valence-corrected chi connectivity index (χ2v) is 2.73. The summed E-state index contributed by atoms with van der Waals surface area (Å²) in [5, 5.41) is 19.9. The van der Waals surface area contributed by atoms with Crippen LogP contribution >= 0.6 is 0 Å². The van der Waals surface area contributed by atoms with Gasteiger partial charge in [0.2, 0.25) is 0 Å². The Bertz CT molecular complexity index is 223. The number of rotatable bonds is 4. The van der Waals surface area contributed by atoms with Gasteiger partial charge < -0.3 is 0 Å². The van der Waals surface area contributed by atoms with E-state index in [9.17, 15) is 4.79 Å². The molecule has 0 spiro atoms. The summed E-state index contributed by atoms with van der Waals surface area (Å²) in [5.41, 5.74) is -0.0105. The summed E-state index contributed by atoms with van der Waals surface area (Å²) in [4.78, 5) is 11.2. The van der Waals surface area contributed by atoms with E-state index in [-0.39, 0.29) is 29.5 Å². The van der Waals surface area contributed by atoms with Crippen molar-refractivity contribution in [2.45, 2.75) is 13.8 Å². The Morgan fingerprint density at radius 2 is 2.08 bits per heavy atom. The predicted octanol–water partition coefficient (Wildman–Crippen LogP) is -0.893. The van der Waals surface area contributed by atoms with Crippen LogP contribution in [0.5, 0.6) is 0 Å². The fraction of sp³-hybridized carbons (Fsp3) is 0.571. The summed E-state index contributed by atoms with van der Waals surface area (Å²) in [6, 6.07) is 0. The molecule has 0 aliphatic carbocycles. The molecule has 0 aliphatic rings. The molecule has 0 aromatic heterocycles. The number of aliphatic hydroxyl groups excluding tert-OH is 1. The molecule has 12 heavy (non-hydrogen) atoms. The Labute approximate surface area is 72.0 Å². The van der Waals surface area contributed by atoms with Crippen molar-refractivity contribution in [3.63, 3.8) is 0 Å². The van der Waals surface area contributed by atoms with Crippen molar-refractivity contribution >= 4 is 24.4 Å². The zero-order valence-electron chi connectivity index (χ0n) is 7.24. The first-order valence-electron chi connectivity index (χ1n) is 3.59. The number of ketones is 1. The van der Waals surface area contributed by atoms with Crippen LogP contribution in [0.2, 0.25) is 0 Å². The standard InChI is InChI=1S/C7H12BNO3/c1-4(2)7(11)6(9-12)5(8)3-10/h4,8,10,12H,3H2,1-2H3/b9-6+. The fourth-order valence-electron chi connectivity index (χ4n) is 0.643. The molecule has 4 nitrogen and oxygen atoms in total. The van der Waals surface area contributed by atoms with Gasteiger partial charge >= 0.3 is 71.1 Å². The summed E-state index contributed by atoms with van der Waals surface area (Å²) in [6.07, 6.45) is 0. The maximum atomic E-state index is 11.2. The molecule has 0 unspecified atom stereocenters. The van der Waals surface area contributed by atoms with E-state index in [0.29, 0.717) is 0 Å². The van der Waals surface area contributed by atoms with E-state index in [1.165, 1.54) is 0 Å². The van der Waals surface area contributed by atoms with Crippen LogP contribution in [-0.2, 0) is 4.79 Å². The van der Waals surface area contributed by atoms with Gasteiger partial charge in [0.1, 0.15) is 0 Å². The van der Waals surface area contributed by atoms with Crippen LogP contribution in [0.4, 0.5) is 0 Å². The van der Waals surface area contributed by atoms with Crippen LogP contribution in [0.3, 0.4) is 0 Å². The maximum absolute atomic E-state index is 11.2. The normalized spacial score (nSPS) is 11.8. The molecule has 0 saturated carbocycles. The number of aliphatic hydroxyl groups is 1. The average Bonchev–Trinajstić information content (AvgIpc) is 2.05. The minimum atomic E-state index is -0.377. The van der Waals surface area contributed by atoms with Crippen LogP contribution in [0.1, 0.15) is 13.8 Å². The van der Waals surface area contributed by atoms with Crippen molar-refractivity contribution in [2.75, 3.05) is 6.61 Å². The van der Waals surface area contributed by atoms with Crippen molar-refractivity contribution in [3.05, 3.63) is 0 Å². The van der Waals surface area contributed by atoms with Gasteiger partial charge in [-0.3, -0.25) is 0 Å². The Morgan fingerprint density at radius 1 is 1.58 bits per heavy atom. The molecule has 0 aliphatic heterocycles. The van der Waals surface area contributed by atoms with Crippen LogP contribution in [0, 0.1) is 5.92 Å². The van der Waals surface area contributed by atoms with Gasteiger partial charge in [-0.25, -0.2) is 0 Å². The molecule has 0 atom stereocenters. The Morgan fingerprint density at radius 3 is 2.33 bits per heavy atom. The van der Waals surface area contributed by atoms with Gasteiger partial charge in [0.15, 0.2) is 0 Å². The number of oxime groups is 1. The zero-order valence-corrected chi connectivity index (χ0v) is 7.24. The zero-order chi connectivity index (χ0) is 9.72. The molecule has 2 N–H and O–H groups in total. The van der Waals surface area contributed by atoms with Gasteiger partial charge in [-0.05, 0) is 0 Å². The third-order valence-corrected chi connectivity index (χ3v) is 1.38. The summed E-state index contributed by atoms with van der Waals surface area (Å²) < 4.78 is 0. The molecule has 0 radical (unpaired) electrons. The number of carbonyl (C=O) groups excluding carboxylic acids is 1. The van der Waals surface area contributed by atoms with Gasteiger partial charge in [0, 0.05) is 0 Å². The molecular weight excluding hydrogens is 157 g/mol. The van der Waals surface area contributed by atoms with Crippen molar-refractivity contribution in [1.29, 1.82) is 0 Å². The van der Waals surface area contributed by atoms with E-state index in [1.807, 2.05) is 0 Å². The first-order valence-corrected chi connectivity index (χ1v) is 3.59. The van der Waals surface area contributed by atoms with E-state index in [1.54, 1.807) is 13.8 Å². The molecular formula is C7H12BNO3. The van der Waals surface area contributed by atoms with E-state index in [4.69, 9.17) is 10.3 Å². The summed E-state index contributed by atoms with van der Waals surface area (Å²) in [6.45, 7) is 2.98. The molecule has 66 valence electrons. The van der Waals surface area contributed by atoms with E-state index in [0.717, 1.165) is 0 Å². The van der Waals surface area contributed by atoms with Crippen LogP contribution < -0.4 is 0 Å². The van der Waals surface area contributed by atoms with Crippen molar-refractivity contribution in [1.82, 2.24) is 0 Å². The second-order valence-electron chi connectivity index (χ2n) is 2.73. The molecule has 0 rings (SSSR count). The predicted molar refractivity (Wildman–Crippen MR) is 48.3 cm³/mol. The third-order valence-electron chi connectivity index (χ3n) is 1.38. The van der Waals surface area contributed by atoms with Gasteiger partial charge in [-0.15, -0.1) is 0 Å². The molecule has 0 bridgehead atoms. The molecule has 0 amide bonds. The van der Waals surface area contributed by atoms with Crippen LogP contribution in [0.25, 0.3) is 0 Å². The average molecular weight is 169 g/mol. The summed E-state index contributed by atoms with van der Waals surface area (Å²) in [7, 11) is 3.39. The molecule has 0 heterocycles. The van der Waals surface area contributed by atoms with Crippen molar-refractivity contribution < 1.29 is 15.1 Å². The summed E-state index contributed by atoms with van der Waals surface area (Å²) in [5.74, 6) is -0.587. The SMILES string of the molecule is B=C(CO)/C(=N\O)C(=O)C(C)C. The first kappa shape index (κ1) is 11.0. The number of Topliss-reactive ketones (excluding diaryl/α,β-unsaturated/α-hetero) is 1. The molecule has 0 saturated heterocycles. The van der Waals surface area contributed by atoms with Gasteiger partial charge in [-0.1, -0.05) is 0 Å². The topological polar surface area (TPSA) is 69.9 Å². The first-order chi connectivity index (χ1) is 5.54. The van der Waals surface area contributed by atoms with Gasteiger partial charge in [-0.2, -0.15) is 0 Å². The Hall–Kier alpha value is -0.965. The molecule has 0 aromatic rings. The Balaban J connectivity index is 4.60. The molecule has 5 heteroatoms. The Kier molecular flexibility index (Phi) is 4.43. The second kappa shape index (κ2) is 4.82. The number of hydrogen-bond donors (Lipinski definition) is 2. The quantitative estimate of drug-likeness (QED) is 0.248. The minimum absolute atomic E-state index is 0.135. The van der Waals surface area contributed by atoms with Crippen LogP contribution in [-0.4, -0.2) is 41.4 Å². The van der Waals surface area contributed by atoms with Crippen molar-refractivity contribution in [2.24, 2.45) is 11.1 Å². The van der Waals surface area contributed by atoms with Crippen molar-refractivity contribution in [3.8, 4) is 0 Å². The number of nitrogens with zero attached hydrogens (tertiary/aromatic N) is 1. The molecule has 0 fully saturated rings. The van der Waals surface area contributed by atoms with Gasteiger partial charge in [0.25, 0.3) is 0 Å². The van der Waals surface area contributed by atoms with E-state index >= 15 is 0 Å².